The Morgan fingerprint density at radius 3 is 2.80 bits per heavy atom. The number of anilines is 1. The lowest BCUT2D eigenvalue weighted by molar-refractivity contribution is 0.363. The first-order valence-corrected chi connectivity index (χ1v) is 10.2. The highest BCUT2D eigenvalue weighted by Gasteiger charge is 2.58. The molecule has 1 aliphatic carbocycles. The molecule has 2 unspecified atom stereocenters. The number of piperidine rings is 1. The molecule has 0 N–H and O–H groups in total. The van der Waals surface area contributed by atoms with Crippen LogP contribution < -0.4 is 10.5 Å². The van der Waals surface area contributed by atoms with Crippen LogP contribution in [0.1, 0.15) is 17.6 Å². The van der Waals surface area contributed by atoms with Crippen molar-refractivity contribution in [2.45, 2.75) is 12.5 Å². The summed E-state index contributed by atoms with van der Waals surface area (Å²) in [6.07, 6.45) is 3.04. The van der Waals surface area contributed by atoms with E-state index in [-0.39, 0.29) is 12.1 Å². The van der Waals surface area contributed by atoms with E-state index in [2.05, 4.69) is 31.1 Å². The van der Waals surface area contributed by atoms with Crippen molar-refractivity contribution in [1.29, 1.82) is 0 Å². The van der Waals surface area contributed by atoms with Crippen molar-refractivity contribution < 1.29 is 4.52 Å². The number of rotatable bonds is 4. The Kier molecular flexibility index (Phi) is 3.76. The van der Waals surface area contributed by atoms with Gasteiger partial charge in [-0.05, 0) is 30.0 Å². The van der Waals surface area contributed by atoms with E-state index in [0.717, 1.165) is 29.6 Å². The highest BCUT2D eigenvalue weighted by molar-refractivity contribution is 6.30. The lowest BCUT2D eigenvalue weighted by atomic mass is 10.2. The molecule has 3 aromatic heterocycles. The van der Waals surface area contributed by atoms with Gasteiger partial charge in [-0.1, -0.05) is 22.8 Å². The third-order valence-corrected chi connectivity index (χ3v) is 6.39. The number of imidazole rings is 1. The van der Waals surface area contributed by atoms with E-state index >= 15 is 0 Å². The summed E-state index contributed by atoms with van der Waals surface area (Å²) in [5, 5.41) is 4.94. The monoisotopic (exact) mass is 423 g/mol. The van der Waals surface area contributed by atoms with Crippen LogP contribution in [0.25, 0.3) is 11.2 Å². The van der Waals surface area contributed by atoms with E-state index in [9.17, 15) is 4.79 Å². The zero-order valence-electron chi connectivity index (χ0n) is 16.1. The first-order valence-electron chi connectivity index (χ1n) is 9.78. The molecule has 4 heterocycles. The molecule has 0 radical (unpaired) electrons. The topological polar surface area (TPSA) is 94.9 Å². The quantitative estimate of drug-likeness (QED) is 0.495. The first-order chi connectivity index (χ1) is 14.6. The van der Waals surface area contributed by atoms with Crippen LogP contribution in [0.15, 0.2) is 46.2 Å². The molecule has 0 spiro atoms. The van der Waals surface area contributed by atoms with E-state index in [0.29, 0.717) is 34.8 Å². The van der Waals surface area contributed by atoms with E-state index < -0.39 is 0 Å². The lowest BCUT2D eigenvalue weighted by Gasteiger charge is -2.21. The SMILES string of the molecule is Cn1cnc2ncn(Cc3nc(C4C5CN(c6cccc(Cl)c6)CC54)no3)c(=O)c21. The van der Waals surface area contributed by atoms with Crippen LogP contribution in [-0.2, 0) is 13.6 Å². The molecule has 0 bridgehead atoms. The van der Waals surface area contributed by atoms with Gasteiger partial charge >= 0.3 is 0 Å². The van der Waals surface area contributed by atoms with Gasteiger partial charge in [-0.25, -0.2) is 9.97 Å². The third-order valence-electron chi connectivity index (χ3n) is 6.16. The van der Waals surface area contributed by atoms with Crippen molar-refractivity contribution >= 4 is 28.5 Å². The minimum absolute atomic E-state index is 0.180. The minimum atomic E-state index is -0.180. The van der Waals surface area contributed by atoms with Crippen molar-refractivity contribution in [2.24, 2.45) is 18.9 Å². The minimum Gasteiger partial charge on any atom is -0.371 e. The summed E-state index contributed by atoms with van der Waals surface area (Å²) >= 11 is 6.12. The molecule has 1 saturated heterocycles. The van der Waals surface area contributed by atoms with Gasteiger partial charge in [0.1, 0.15) is 12.9 Å². The number of hydrogen-bond donors (Lipinski definition) is 0. The van der Waals surface area contributed by atoms with Crippen molar-refractivity contribution in [1.82, 2.24) is 29.2 Å². The number of nitrogens with zero attached hydrogens (tertiary/aromatic N) is 7. The Balaban J connectivity index is 1.17. The number of benzene rings is 1. The first kappa shape index (κ1) is 17.6. The average Bonchev–Trinajstić information content (AvgIpc) is 3.16. The summed E-state index contributed by atoms with van der Waals surface area (Å²) in [7, 11) is 1.77. The fraction of sp³-hybridized carbons (Fsp3) is 0.350. The van der Waals surface area contributed by atoms with E-state index in [4.69, 9.17) is 16.1 Å². The molecular weight excluding hydrogens is 406 g/mol. The van der Waals surface area contributed by atoms with Gasteiger partial charge in [0.25, 0.3) is 5.56 Å². The van der Waals surface area contributed by atoms with Gasteiger partial charge < -0.3 is 14.0 Å². The molecular formula is C20H18ClN7O2. The zero-order chi connectivity index (χ0) is 20.4. The maximum absolute atomic E-state index is 12.7. The second-order valence-electron chi connectivity index (χ2n) is 7.99. The molecule has 2 fully saturated rings. The number of aromatic nitrogens is 6. The summed E-state index contributed by atoms with van der Waals surface area (Å²) in [5.74, 6) is 2.49. The summed E-state index contributed by atoms with van der Waals surface area (Å²) in [6, 6.07) is 7.95. The second-order valence-corrected chi connectivity index (χ2v) is 8.43. The van der Waals surface area contributed by atoms with Crippen LogP contribution in [0.3, 0.4) is 0 Å². The molecule has 10 heteroatoms. The Bertz CT molecular complexity index is 1310. The molecule has 4 aromatic rings. The van der Waals surface area contributed by atoms with Crippen LogP contribution in [0.5, 0.6) is 0 Å². The van der Waals surface area contributed by atoms with Crippen molar-refractivity contribution in [3.05, 3.63) is 64.0 Å². The van der Waals surface area contributed by atoms with Gasteiger partial charge in [0, 0.05) is 36.8 Å². The molecule has 2 aliphatic rings. The highest BCUT2D eigenvalue weighted by Crippen LogP contribution is 2.57. The van der Waals surface area contributed by atoms with Crippen LogP contribution in [0, 0.1) is 11.8 Å². The zero-order valence-corrected chi connectivity index (χ0v) is 16.9. The molecule has 1 saturated carbocycles. The van der Waals surface area contributed by atoms with E-state index in [1.165, 1.54) is 10.9 Å². The number of fused-ring (bicyclic) bond motifs is 2. The van der Waals surface area contributed by atoms with Crippen LogP contribution in [-0.4, -0.2) is 42.3 Å². The molecule has 1 aromatic carbocycles. The van der Waals surface area contributed by atoms with Gasteiger partial charge in [-0.2, -0.15) is 4.98 Å². The van der Waals surface area contributed by atoms with Gasteiger partial charge in [-0.3, -0.25) is 9.36 Å². The van der Waals surface area contributed by atoms with Gasteiger partial charge in [0.2, 0.25) is 5.89 Å². The predicted octanol–water partition coefficient (Wildman–Crippen LogP) is 2.06. The number of hydrogen-bond acceptors (Lipinski definition) is 7. The summed E-state index contributed by atoms with van der Waals surface area (Å²) in [4.78, 5) is 27.9. The Labute approximate surface area is 175 Å². The van der Waals surface area contributed by atoms with Crippen LogP contribution in [0.4, 0.5) is 5.69 Å². The smallest absolute Gasteiger partial charge is 0.280 e. The summed E-state index contributed by atoms with van der Waals surface area (Å²) < 4.78 is 8.57. The van der Waals surface area contributed by atoms with Crippen LogP contribution >= 0.6 is 11.6 Å². The summed E-state index contributed by atoms with van der Waals surface area (Å²) in [6.45, 7) is 2.11. The maximum atomic E-state index is 12.7. The molecule has 0 amide bonds. The van der Waals surface area contributed by atoms with Gasteiger partial charge in [0.05, 0.1) is 6.33 Å². The molecule has 1 aliphatic heterocycles. The molecule has 6 rings (SSSR count). The van der Waals surface area contributed by atoms with Crippen LogP contribution in [0.2, 0.25) is 5.02 Å². The van der Waals surface area contributed by atoms with E-state index in [1.54, 1.807) is 17.9 Å². The second kappa shape index (κ2) is 6.40. The van der Waals surface area contributed by atoms with Gasteiger partial charge in [-0.15, -0.1) is 0 Å². The third kappa shape index (κ3) is 2.72. The van der Waals surface area contributed by atoms with E-state index in [1.807, 2.05) is 18.2 Å². The Morgan fingerprint density at radius 1 is 1.20 bits per heavy atom. The van der Waals surface area contributed by atoms with Crippen molar-refractivity contribution in [3.63, 3.8) is 0 Å². The molecule has 152 valence electrons. The largest absolute Gasteiger partial charge is 0.371 e. The van der Waals surface area contributed by atoms with Crippen molar-refractivity contribution in [3.8, 4) is 0 Å². The predicted molar refractivity (Wildman–Crippen MR) is 110 cm³/mol. The maximum Gasteiger partial charge on any atom is 0.280 e. The van der Waals surface area contributed by atoms with Crippen molar-refractivity contribution in [2.75, 3.05) is 18.0 Å². The van der Waals surface area contributed by atoms with Gasteiger partial charge in [0.15, 0.2) is 17.0 Å². The molecule has 9 nitrogen and oxygen atoms in total. The Hall–Kier alpha value is -3.20. The summed E-state index contributed by atoms with van der Waals surface area (Å²) in [5.41, 5.74) is 1.86. The lowest BCUT2D eigenvalue weighted by Crippen LogP contribution is -2.23. The number of aryl methyl sites for hydroxylation is 1. The normalized spacial score (nSPS) is 22.6. The molecule has 2 atom stereocenters. The Morgan fingerprint density at radius 2 is 2.00 bits per heavy atom. The average molecular weight is 424 g/mol. The highest BCUT2D eigenvalue weighted by atomic mass is 35.5. The fourth-order valence-corrected chi connectivity index (χ4v) is 4.78. The molecule has 30 heavy (non-hydrogen) atoms. The number of halogens is 1. The fourth-order valence-electron chi connectivity index (χ4n) is 4.59. The standard InChI is InChI=1S/C20H18ClN7O2/c1-26-9-22-19-17(26)20(29)28(10-23-19)8-15-24-18(25-30-15)16-13-6-27(7-14(13)16)12-4-2-3-11(21)5-12/h2-5,9-10,13-14,16H,6-8H2,1H3.